The molecular weight excluding hydrogens is 408 g/mol. The van der Waals surface area contributed by atoms with Crippen molar-refractivity contribution in [2.45, 2.75) is 11.3 Å². The monoisotopic (exact) mass is 432 g/mol. The standard InChI is InChI=1S/C25H24N2O3S/c28-24(27-16-14-19-8-4-6-12-22(19)27)18-31-23-13-7-5-11-21(23)25(29)26-15-17-30-20-9-2-1-3-10-20/h1-13H,14-18H2,(H,26,29). The lowest BCUT2D eigenvalue weighted by molar-refractivity contribution is -0.116. The van der Waals surface area contributed by atoms with Crippen LogP contribution in [0.1, 0.15) is 15.9 Å². The maximum Gasteiger partial charge on any atom is 0.252 e. The number of nitrogens with one attached hydrogen (secondary N) is 1. The number of nitrogens with zero attached hydrogens (tertiary/aromatic N) is 1. The summed E-state index contributed by atoms with van der Waals surface area (Å²) in [7, 11) is 0. The Labute approximate surface area is 186 Å². The van der Waals surface area contributed by atoms with Gasteiger partial charge in [0.25, 0.3) is 5.91 Å². The van der Waals surface area contributed by atoms with E-state index < -0.39 is 0 Å². The van der Waals surface area contributed by atoms with Crippen LogP contribution in [-0.2, 0) is 11.2 Å². The van der Waals surface area contributed by atoms with E-state index in [2.05, 4.69) is 11.4 Å². The molecule has 3 aromatic rings. The van der Waals surface area contributed by atoms with Crippen LogP contribution >= 0.6 is 11.8 Å². The quantitative estimate of drug-likeness (QED) is 0.429. The highest BCUT2D eigenvalue weighted by Gasteiger charge is 2.24. The van der Waals surface area contributed by atoms with Gasteiger partial charge in [0.05, 0.1) is 17.9 Å². The zero-order valence-electron chi connectivity index (χ0n) is 17.1. The van der Waals surface area contributed by atoms with Gasteiger partial charge in [0.1, 0.15) is 12.4 Å². The van der Waals surface area contributed by atoms with Crippen LogP contribution in [0.5, 0.6) is 5.75 Å². The highest BCUT2D eigenvalue weighted by atomic mass is 32.2. The van der Waals surface area contributed by atoms with E-state index in [0.29, 0.717) is 25.3 Å². The summed E-state index contributed by atoms with van der Waals surface area (Å²) in [6.07, 6.45) is 0.886. The van der Waals surface area contributed by atoms with E-state index in [4.69, 9.17) is 4.74 Å². The summed E-state index contributed by atoms with van der Waals surface area (Å²) in [5.74, 6) is 0.949. The van der Waals surface area contributed by atoms with E-state index in [-0.39, 0.29) is 17.6 Å². The molecule has 0 aliphatic carbocycles. The Bertz CT molecular complexity index is 1060. The molecule has 0 saturated heterocycles. The maximum absolute atomic E-state index is 12.8. The lowest BCUT2D eigenvalue weighted by Crippen LogP contribution is -2.31. The van der Waals surface area contributed by atoms with Crippen molar-refractivity contribution in [3.8, 4) is 5.75 Å². The minimum absolute atomic E-state index is 0.0569. The Morgan fingerprint density at radius 3 is 2.55 bits per heavy atom. The summed E-state index contributed by atoms with van der Waals surface area (Å²) in [4.78, 5) is 28.1. The van der Waals surface area contributed by atoms with Crippen molar-refractivity contribution in [2.75, 3.05) is 30.3 Å². The summed E-state index contributed by atoms with van der Waals surface area (Å²) < 4.78 is 5.62. The number of anilines is 1. The van der Waals surface area contributed by atoms with Crippen molar-refractivity contribution in [1.82, 2.24) is 5.32 Å². The molecule has 1 aliphatic rings. The normalized spacial score (nSPS) is 12.3. The van der Waals surface area contributed by atoms with Crippen molar-refractivity contribution in [1.29, 1.82) is 0 Å². The molecule has 0 unspecified atom stereocenters. The SMILES string of the molecule is O=C(NCCOc1ccccc1)c1ccccc1SCC(=O)N1CCc2ccccc21. The number of ether oxygens (including phenoxy) is 1. The second-order valence-electron chi connectivity index (χ2n) is 7.13. The molecular formula is C25H24N2O3S. The first kappa shape index (κ1) is 21.0. The molecule has 0 saturated carbocycles. The molecule has 4 rings (SSSR count). The highest BCUT2D eigenvalue weighted by molar-refractivity contribution is 8.00. The van der Waals surface area contributed by atoms with Gasteiger partial charge in [0.2, 0.25) is 5.91 Å². The number of thioether (sulfide) groups is 1. The molecule has 1 aliphatic heterocycles. The highest BCUT2D eigenvalue weighted by Crippen LogP contribution is 2.29. The van der Waals surface area contributed by atoms with E-state index in [9.17, 15) is 9.59 Å². The van der Waals surface area contributed by atoms with Crippen molar-refractivity contribution in [3.05, 3.63) is 90.0 Å². The second kappa shape index (κ2) is 10.2. The number of fused-ring (bicyclic) bond motifs is 1. The molecule has 0 radical (unpaired) electrons. The topological polar surface area (TPSA) is 58.6 Å². The molecule has 158 valence electrons. The summed E-state index contributed by atoms with van der Waals surface area (Å²) in [6.45, 7) is 1.50. The number of carbonyl (C=O) groups is 2. The molecule has 6 heteroatoms. The summed E-state index contributed by atoms with van der Waals surface area (Å²) in [5, 5.41) is 2.89. The summed E-state index contributed by atoms with van der Waals surface area (Å²) in [5.41, 5.74) is 2.78. The third kappa shape index (κ3) is 5.27. The van der Waals surface area contributed by atoms with Gasteiger partial charge in [-0.15, -0.1) is 11.8 Å². The van der Waals surface area contributed by atoms with E-state index >= 15 is 0 Å². The maximum atomic E-state index is 12.8. The fourth-order valence-electron chi connectivity index (χ4n) is 3.54. The van der Waals surface area contributed by atoms with Crippen LogP contribution < -0.4 is 15.0 Å². The molecule has 31 heavy (non-hydrogen) atoms. The van der Waals surface area contributed by atoms with Crippen LogP contribution in [0.3, 0.4) is 0 Å². The lowest BCUT2D eigenvalue weighted by Gasteiger charge is -2.17. The predicted octanol–water partition coefficient (Wildman–Crippen LogP) is 4.18. The van der Waals surface area contributed by atoms with Crippen molar-refractivity contribution in [3.63, 3.8) is 0 Å². The molecule has 2 amide bonds. The number of carbonyl (C=O) groups excluding carboxylic acids is 2. The average Bonchev–Trinajstić information content (AvgIpc) is 3.25. The fraction of sp³-hybridized carbons (Fsp3) is 0.200. The van der Waals surface area contributed by atoms with Crippen LogP contribution in [0, 0.1) is 0 Å². The molecule has 0 fully saturated rings. The predicted molar refractivity (Wildman–Crippen MR) is 124 cm³/mol. The third-order valence-electron chi connectivity index (χ3n) is 5.07. The smallest absolute Gasteiger partial charge is 0.252 e. The zero-order valence-corrected chi connectivity index (χ0v) is 17.9. The van der Waals surface area contributed by atoms with Gasteiger partial charge in [-0.2, -0.15) is 0 Å². The lowest BCUT2D eigenvalue weighted by atomic mass is 10.2. The average molecular weight is 433 g/mol. The number of hydrogen-bond acceptors (Lipinski definition) is 4. The Hall–Kier alpha value is -3.25. The number of para-hydroxylation sites is 2. The Kier molecular flexibility index (Phi) is 6.89. The van der Waals surface area contributed by atoms with Crippen molar-refractivity contribution >= 4 is 29.3 Å². The number of hydrogen-bond donors (Lipinski definition) is 1. The summed E-state index contributed by atoms with van der Waals surface area (Å²) >= 11 is 1.40. The first-order chi connectivity index (χ1) is 15.2. The van der Waals surface area contributed by atoms with Crippen LogP contribution in [-0.4, -0.2) is 37.3 Å². The second-order valence-corrected chi connectivity index (χ2v) is 8.14. The fourth-order valence-corrected chi connectivity index (χ4v) is 4.47. The van der Waals surface area contributed by atoms with Crippen LogP contribution in [0.15, 0.2) is 83.8 Å². The van der Waals surface area contributed by atoms with Crippen LogP contribution in [0.4, 0.5) is 5.69 Å². The van der Waals surface area contributed by atoms with Gasteiger partial charge in [0, 0.05) is 17.1 Å². The first-order valence-corrected chi connectivity index (χ1v) is 11.3. The number of benzene rings is 3. The molecule has 0 atom stereocenters. The minimum Gasteiger partial charge on any atom is -0.492 e. The van der Waals surface area contributed by atoms with Gasteiger partial charge in [-0.05, 0) is 42.3 Å². The molecule has 0 spiro atoms. The van der Waals surface area contributed by atoms with Crippen LogP contribution in [0.25, 0.3) is 0 Å². The van der Waals surface area contributed by atoms with Gasteiger partial charge in [0.15, 0.2) is 0 Å². The van der Waals surface area contributed by atoms with Gasteiger partial charge in [-0.25, -0.2) is 0 Å². The van der Waals surface area contributed by atoms with Crippen molar-refractivity contribution < 1.29 is 14.3 Å². The first-order valence-electron chi connectivity index (χ1n) is 10.3. The van der Waals surface area contributed by atoms with E-state index in [0.717, 1.165) is 22.8 Å². The Morgan fingerprint density at radius 2 is 1.68 bits per heavy atom. The largest absolute Gasteiger partial charge is 0.492 e. The molecule has 0 aromatic heterocycles. The van der Waals surface area contributed by atoms with Gasteiger partial charge >= 0.3 is 0 Å². The summed E-state index contributed by atoms with van der Waals surface area (Å²) in [6, 6.07) is 24.9. The van der Waals surface area contributed by atoms with E-state index in [1.165, 1.54) is 17.3 Å². The van der Waals surface area contributed by atoms with Crippen molar-refractivity contribution in [2.24, 2.45) is 0 Å². The minimum atomic E-state index is -0.168. The zero-order chi connectivity index (χ0) is 21.5. The molecule has 1 heterocycles. The van der Waals surface area contributed by atoms with Crippen LogP contribution in [0.2, 0.25) is 0 Å². The molecule has 3 aromatic carbocycles. The third-order valence-corrected chi connectivity index (χ3v) is 6.13. The van der Waals surface area contributed by atoms with Gasteiger partial charge in [-0.3, -0.25) is 9.59 Å². The Morgan fingerprint density at radius 1 is 0.935 bits per heavy atom. The van der Waals surface area contributed by atoms with Gasteiger partial charge in [-0.1, -0.05) is 48.5 Å². The number of amides is 2. The molecule has 5 nitrogen and oxygen atoms in total. The molecule has 1 N–H and O–H groups in total. The van der Waals surface area contributed by atoms with E-state index in [1.807, 2.05) is 71.6 Å². The Balaban J connectivity index is 1.31. The molecule has 0 bridgehead atoms. The number of rotatable bonds is 8. The van der Waals surface area contributed by atoms with Gasteiger partial charge < -0.3 is 15.0 Å². The van der Waals surface area contributed by atoms with E-state index in [1.54, 1.807) is 6.07 Å².